The lowest BCUT2D eigenvalue weighted by atomic mass is 10.0. The molecule has 5 aromatic heterocycles. The molecule has 10 nitrogen and oxygen atoms in total. The topological polar surface area (TPSA) is 106 Å². The van der Waals surface area contributed by atoms with Gasteiger partial charge in [0.15, 0.2) is 0 Å². The molecule has 1 aliphatic rings. The summed E-state index contributed by atoms with van der Waals surface area (Å²) < 4.78 is 10.4. The van der Waals surface area contributed by atoms with Crippen molar-refractivity contribution in [1.29, 1.82) is 5.26 Å². The van der Waals surface area contributed by atoms with Crippen LogP contribution in [0, 0.1) is 11.3 Å². The van der Waals surface area contributed by atoms with Gasteiger partial charge in [-0.25, -0.2) is 9.50 Å². The van der Waals surface area contributed by atoms with Crippen LogP contribution < -0.4 is 10.3 Å². The second-order valence-electron chi connectivity index (χ2n) is 9.56. The maximum Gasteiger partial charge on any atom is 0.251 e. The number of rotatable bonds is 6. The molecule has 0 radical (unpaired) electrons. The summed E-state index contributed by atoms with van der Waals surface area (Å²) in [6, 6.07) is 11.8. The molecule has 0 aromatic carbocycles. The van der Waals surface area contributed by atoms with Crippen molar-refractivity contribution in [2.75, 3.05) is 20.2 Å². The fourth-order valence-electron chi connectivity index (χ4n) is 5.18. The lowest BCUT2D eigenvalue weighted by Crippen LogP contribution is -2.27. The van der Waals surface area contributed by atoms with Crippen LogP contribution in [0.4, 0.5) is 0 Å². The molecule has 38 heavy (non-hydrogen) atoms. The molecule has 1 atom stereocenters. The van der Waals surface area contributed by atoms with Crippen molar-refractivity contribution in [2.24, 2.45) is 7.05 Å². The number of aromatic nitrogens is 6. The van der Waals surface area contributed by atoms with Crippen LogP contribution in [0.3, 0.4) is 0 Å². The van der Waals surface area contributed by atoms with E-state index in [0.717, 1.165) is 53.9 Å². The Bertz CT molecular complexity index is 1720. The van der Waals surface area contributed by atoms with Crippen molar-refractivity contribution in [3.05, 3.63) is 89.0 Å². The van der Waals surface area contributed by atoms with Gasteiger partial charge in [0.1, 0.15) is 6.07 Å². The van der Waals surface area contributed by atoms with Crippen LogP contribution in [-0.4, -0.2) is 54.0 Å². The van der Waals surface area contributed by atoms with Crippen LogP contribution in [0.1, 0.15) is 23.6 Å². The quantitative estimate of drug-likeness (QED) is 0.348. The Morgan fingerprint density at radius 2 is 1.97 bits per heavy atom. The number of hydrogen-bond donors (Lipinski definition) is 0. The van der Waals surface area contributed by atoms with E-state index in [1.807, 2.05) is 60.7 Å². The van der Waals surface area contributed by atoms with Crippen molar-refractivity contribution in [2.45, 2.75) is 19.0 Å². The first kappa shape index (κ1) is 23.6. The van der Waals surface area contributed by atoms with Gasteiger partial charge in [-0.2, -0.15) is 15.5 Å². The Morgan fingerprint density at radius 3 is 2.68 bits per heavy atom. The van der Waals surface area contributed by atoms with E-state index in [2.05, 4.69) is 26.2 Å². The highest BCUT2D eigenvalue weighted by molar-refractivity contribution is 5.87. The average Bonchev–Trinajstić information content (AvgIpc) is 3.68. The minimum absolute atomic E-state index is 0.0663. The van der Waals surface area contributed by atoms with Gasteiger partial charge < -0.3 is 9.30 Å². The number of nitrogens with zero attached hydrogens (tertiary/aromatic N) is 8. The van der Waals surface area contributed by atoms with Gasteiger partial charge in [-0.3, -0.25) is 14.4 Å². The third-order valence-corrected chi connectivity index (χ3v) is 7.08. The third kappa shape index (κ3) is 4.33. The van der Waals surface area contributed by atoms with Gasteiger partial charge in [-0.15, -0.1) is 0 Å². The molecule has 0 saturated carbocycles. The van der Waals surface area contributed by atoms with E-state index in [1.165, 1.54) is 0 Å². The molecule has 1 saturated heterocycles. The molecule has 0 amide bonds. The molecule has 5 aromatic rings. The average molecular weight is 507 g/mol. The summed E-state index contributed by atoms with van der Waals surface area (Å²) in [5, 5.41) is 18.4. The number of ether oxygens (including phenoxy) is 1. The number of nitriles is 1. The molecule has 0 aliphatic carbocycles. The maximum absolute atomic E-state index is 13.3. The summed E-state index contributed by atoms with van der Waals surface area (Å²) in [7, 11) is 3.47. The van der Waals surface area contributed by atoms with E-state index in [9.17, 15) is 10.1 Å². The Hall–Kier alpha value is -4.75. The lowest BCUT2D eigenvalue weighted by molar-refractivity contribution is 0.314. The van der Waals surface area contributed by atoms with Gasteiger partial charge >= 0.3 is 0 Å². The minimum atomic E-state index is -0.0663. The third-order valence-electron chi connectivity index (χ3n) is 7.08. The molecule has 0 spiro atoms. The van der Waals surface area contributed by atoms with E-state index in [4.69, 9.17) is 4.74 Å². The predicted octanol–water partition coefficient (Wildman–Crippen LogP) is 3.29. The number of pyridine rings is 3. The highest BCUT2D eigenvalue weighted by atomic mass is 16.5. The minimum Gasteiger partial charge on any atom is -0.481 e. The first-order valence-electron chi connectivity index (χ1n) is 12.4. The van der Waals surface area contributed by atoms with E-state index in [0.29, 0.717) is 17.0 Å². The second kappa shape index (κ2) is 9.61. The summed E-state index contributed by atoms with van der Waals surface area (Å²) in [5.41, 5.74) is 5.54. The normalized spacial score (nSPS) is 15.7. The van der Waals surface area contributed by atoms with Gasteiger partial charge in [0.05, 0.1) is 36.6 Å². The summed E-state index contributed by atoms with van der Waals surface area (Å²) in [5.74, 6) is 0.598. The van der Waals surface area contributed by atoms with E-state index >= 15 is 0 Å². The molecule has 190 valence electrons. The molecule has 0 bridgehead atoms. The molecule has 1 aliphatic heterocycles. The Kier molecular flexibility index (Phi) is 5.98. The van der Waals surface area contributed by atoms with Gasteiger partial charge in [-0.1, -0.05) is 6.07 Å². The zero-order chi connectivity index (χ0) is 26.2. The Morgan fingerprint density at radius 1 is 1.08 bits per heavy atom. The van der Waals surface area contributed by atoms with Crippen LogP contribution in [0.15, 0.2) is 72.3 Å². The smallest absolute Gasteiger partial charge is 0.251 e. The van der Waals surface area contributed by atoms with Gasteiger partial charge in [0, 0.05) is 80.3 Å². The molecular formula is C28H26N8O2. The first-order valence-corrected chi connectivity index (χ1v) is 12.4. The maximum atomic E-state index is 13.3. The predicted molar refractivity (Wildman–Crippen MR) is 142 cm³/mol. The van der Waals surface area contributed by atoms with Crippen LogP contribution in [0.5, 0.6) is 5.88 Å². The number of fused-ring (bicyclic) bond motifs is 1. The van der Waals surface area contributed by atoms with Crippen LogP contribution in [0.2, 0.25) is 0 Å². The Labute approximate surface area is 219 Å². The highest BCUT2D eigenvalue weighted by Gasteiger charge is 2.25. The highest BCUT2D eigenvalue weighted by Crippen LogP contribution is 2.32. The number of hydrogen-bond acceptors (Lipinski definition) is 7. The first-order chi connectivity index (χ1) is 18.5. The largest absolute Gasteiger partial charge is 0.481 e. The summed E-state index contributed by atoms with van der Waals surface area (Å²) in [6.07, 6.45) is 11.7. The van der Waals surface area contributed by atoms with E-state index in [-0.39, 0.29) is 11.6 Å². The SMILES string of the molecule is COc1ccc(CN2CCC(n3ccc(-c4cc(-c5cnn(C)c5)cn5ncc(C#N)c45)cc3=O)C2)cn1. The molecule has 6 heterocycles. The molecule has 1 unspecified atom stereocenters. The lowest BCUT2D eigenvalue weighted by Gasteiger charge is -2.18. The van der Waals surface area contributed by atoms with Crippen molar-refractivity contribution in [3.8, 4) is 34.2 Å². The zero-order valence-corrected chi connectivity index (χ0v) is 21.2. The van der Waals surface area contributed by atoms with Crippen LogP contribution in [-0.2, 0) is 13.6 Å². The van der Waals surface area contributed by atoms with E-state index < -0.39 is 0 Å². The number of methoxy groups -OCH3 is 1. The van der Waals surface area contributed by atoms with Crippen molar-refractivity contribution in [1.82, 2.24) is 33.8 Å². The molecule has 0 N–H and O–H groups in total. The number of likely N-dealkylation sites (tertiary alicyclic amines) is 1. The monoisotopic (exact) mass is 506 g/mol. The molecule has 6 rings (SSSR count). The standard InChI is InChI=1S/C28H26N8O2/c1-33-16-23(14-31-33)21-9-25(28-22(11-29)13-32-36(28)17-21)20-5-8-35(27(37)10-20)24-6-7-34(18-24)15-19-3-4-26(38-2)30-12-19/h3-5,8-10,12-14,16-17,24H,6-7,15,18H2,1-2H3. The van der Waals surface area contributed by atoms with Crippen molar-refractivity contribution < 1.29 is 4.74 Å². The fourth-order valence-corrected chi connectivity index (χ4v) is 5.18. The van der Waals surface area contributed by atoms with Gasteiger partial charge in [-0.05, 0) is 29.7 Å². The summed E-state index contributed by atoms with van der Waals surface area (Å²) >= 11 is 0. The summed E-state index contributed by atoms with van der Waals surface area (Å²) in [6.45, 7) is 2.46. The van der Waals surface area contributed by atoms with Gasteiger partial charge in [0.25, 0.3) is 5.56 Å². The number of aryl methyl sites for hydroxylation is 1. The summed E-state index contributed by atoms with van der Waals surface area (Å²) in [4.78, 5) is 20.0. The van der Waals surface area contributed by atoms with Crippen LogP contribution >= 0.6 is 0 Å². The Balaban J connectivity index is 1.29. The van der Waals surface area contributed by atoms with Gasteiger partial charge in [0.2, 0.25) is 5.88 Å². The molecule has 10 heteroatoms. The van der Waals surface area contributed by atoms with Crippen molar-refractivity contribution in [3.63, 3.8) is 0 Å². The van der Waals surface area contributed by atoms with Crippen molar-refractivity contribution >= 4 is 5.52 Å². The zero-order valence-electron chi connectivity index (χ0n) is 21.2. The van der Waals surface area contributed by atoms with Crippen LogP contribution in [0.25, 0.3) is 27.8 Å². The molecular weight excluding hydrogens is 480 g/mol. The van der Waals surface area contributed by atoms with E-state index in [1.54, 1.807) is 34.8 Å². The molecule has 1 fully saturated rings. The second-order valence-corrected chi connectivity index (χ2v) is 9.56. The fraction of sp³-hybridized carbons (Fsp3) is 0.250.